The molecule has 4 nitrogen and oxygen atoms in total. The van der Waals surface area contributed by atoms with E-state index < -0.39 is 0 Å². The van der Waals surface area contributed by atoms with E-state index in [-0.39, 0.29) is 0 Å². The van der Waals surface area contributed by atoms with Gasteiger partial charge in [-0.15, -0.1) is 11.6 Å². The van der Waals surface area contributed by atoms with Crippen molar-refractivity contribution in [1.82, 2.24) is 14.8 Å². The molecular weight excluding hydrogens is 317 g/mol. The maximum absolute atomic E-state index is 6.35. The van der Waals surface area contributed by atoms with E-state index in [0.29, 0.717) is 17.6 Å². The summed E-state index contributed by atoms with van der Waals surface area (Å²) < 4.78 is 7.84. The van der Waals surface area contributed by atoms with Crippen LogP contribution in [0.4, 0.5) is 0 Å². The average molecular weight is 328 g/mol. The van der Waals surface area contributed by atoms with Crippen LogP contribution in [0.2, 0.25) is 5.15 Å². The van der Waals surface area contributed by atoms with E-state index in [9.17, 15) is 0 Å². The molecule has 0 fully saturated rings. The van der Waals surface area contributed by atoms with Crippen molar-refractivity contribution in [2.75, 3.05) is 7.11 Å². The van der Waals surface area contributed by atoms with Crippen LogP contribution in [0.25, 0.3) is 15.3 Å². The van der Waals surface area contributed by atoms with Crippen molar-refractivity contribution < 1.29 is 4.74 Å². The van der Waals surface area contributed by atoms with Crippen molar-refractivity contribution in [3.8, 4) is 5.13 Å². The molecule has 2 aromatic heterocycles. The summed E-state index contributed by atoms with van der Waals surface area (Å²) >= 11 is 13.8. The number of thiazole rings is 1. The maximum Gasteiger partial charge on any atom is 0.212 e. The van der Waals surface area contributed by atoms with Gasteiger partial charge >= 0.3 is 0 Å². The number of nitrogens with zero attached hydrogens (tertiary/aromatic N) is 3. The first-order chi connectivity index (χ1) is 9.74. The van der Waals surface area contributed by atoms with E-state index in [1.54, 1.807) is 11.8 Å². The molecule has 0 aliphatic heterocycles. The van der Waals surface area contributed by atoms with Crippen LogP contribution in [0.5, 0.6) is 0 Å². The fraction of sp³-hybridized carbons (Fsp3) is 0.231. The molecule has 0 saturated carbocycles. The Morgan fingerprint density at radius 3 is 2.85 bits per heavy atom. The quantitative estimate of drug-likeness (QED) is 0.679. The van der Waals surface area contributed by atoms with Crippen LogP contribution in [0, 0.1) is 0 Å². The van der Waals surface area contributed by atoms with Crippen LogP contribution < -0.4 is 0 Å². The van der Waals surface area contributed by atoms with Gasteiger partial charge in [-0.2, -0.15) is 9.78 Å². The number of alkyl halides is 1. The smallest absolute Gasteiger partial charge is 0.212 e. The Labute approximate surface area is 129 Å². The van der Waals surface area contributed by atoms with Crippen LogP contribution in [0.15, 0.2) is 24.3 Å². The summed E-state index contributed by atoms with van der Waals surface area (Å²) in [6, 6.07) is 7.92. The van der Waals surface area contributed by atoms with Gasteiger partial charge in [0.2, 0.25) is 5.13 Å². The van der Waals surface area contributed by atoms with Crippen molar-refractivity contribution in [3.63, 3.8) is 0 Å². The molecular formula is C13H11Cl2N3OS. The predicted molar refractivity (Wildman–Crippen MR) is 82.0 cm³/mol. The number of aromatic nitrogens is 3. The van der Waals surface area contributed by atoms with Crippen molar-refractivity contribution >= 4 is 44.8 Å². The molecule has 0 spiro atoms. The normalized spacial score (nSPS) is 11.3. The molecule has 0 saturated heterocycles. The number of para-hydroxylation sites is 1. The molecule has 0 radical (unpaired) electrons. The highest BCUT2D eigenvalue weighted by atomic mass is 35.5. The van der Waals surface area contributed by atoms with Crippen molar-refractivity contribution in [2.45, 2.75) is 12.5 Å². The Hall–Kier alpha value is -1.14. The largest absolute Gasteiger partial charge is 0.378 e. The summed E-state index contributed by atoms with van der Waals surface area (Å²) in [5.74, 6) is 0.294. The summed E-state index contributed by atoms with van der Waals surface area (Å²) in [4.78, 5) is 4.54. The van der Waals surface area contributed by atoms with Gasteiger partial charge in [-0.3, -0.25) is 0 Å². The van der Waals surface area contributed by atoms with Gasteiger partial charge in [0.05, 0.1) is 28.4 Å². The number of hydrogen-bond donors (Lipinski definition) is 0. The lowest BCUT2D eigenvalue weighted by Gasteiger charge is -1.96. The van der Waals surface area contributed by atoms with Gasteiger partial charge < -0.3 is 4.74 Å². The molecule has 2 heterocycles. The third-order valence-electron chi connectivity index (χ3n) is 2.88. The summed E-state index contributed by atoms with van der Waals surface area (Å²) in [7, 11) is 1.61. The monoisotopic (exact) mass is 327 g/mol. The molecule has 3 aromatic rings. The fourth-order valence-corrected chi connectivity index (χ4v) is 3.55. The van der Waals surface area contributed by atoms with Crippen molar-refractivity contribution in [3.05, 3.63) is 40.7 Å². The second-order valence-electron chi connectivity index (χ2n) is 4.16. The van der Waals surface area contributed by atoms with Crippen LogP contribution in [0.3, 0.4) is 0 Å². The number of hydrogen-bond acceptors (Lipinski definition) is 4. The van der Waals surface area contributed by atoms with Crippen molar-refractivity contribution in [2.24, 2.45) is 0 Å². The predicted octanol–water partition coefficient (Wildman–Crippen LogP) is 4.02. The lowest BCUT2D eigenvalue weighted by Crippen LogP contribution is -1.97. The minimum Gasteiger partial charge on any atom is -0.378 e. The summed E-state index contributed by atoms with van der Waals surface area (Å²) in [5.41, 5.74) is 2.46. The molecule has 104 valence electrons. The SMILES string of the molecule is COCc1nn(-c2nc3ccccc3s2)c(Cl)c1CCl. The molecule has 20 heavy (non-hydrogen) atoms. The zero-order valence-corrected chi connectivity index (χ0v) is 13.0. The minimum absolute atomic E-state index is 0.294. The van der Waals surface area contributed by atoms with Gasteiger partial charge in [0, 0.05) is 12.7 Å². The highest BCUT2D eigenvalue weighted by molar-refractivity contribution is 7.20. The first-order valence-corrected chi connectivity index (χ1v) is 7.64. The van der Waals surface area contributed by atoms with Crippen LogP contribution in [-0.4, -0.2) is 21.9 Å². The van der Waals surface area contributed by atoms with Gasteiger partial charge in [-0.25, -0.2) is 4.98 Å². The Bertz CT molecular complexity index is 720. The van der Waals surface area contributed by atoms with Gasteiger partial charge in [-0.05, 0) is 12.1 Å². The van der Waals surface area contributed by atoms with E-state index in [2.05, 4.69) is 10.1 Å². The summed E-state index contributed by atoms with van der Waals surface area (Å²) in [6.07, 6.45) is 0. The number of halogens is 2. The standard InChI is InChI=1S/C13H11Cl2N3OS/c1-19-7-10-8(6-14)12(15)18(17-10)13-16-9-4-2-3-5-11(9)20-13/h2-5H,6-7H2,1H3. The summed E-state index contributed by atoms with van der Waals surface area (Å²) in [5, 5.41) is 5.68. The van der Waals surface area contributed by atoms with Gasteiger partial charge in [0.1, 0.15) is 5.15 Å². The number of ether oxygens (including phenoxy) is 1. The first-order valence-electron chi connectivity index (χ1n) is 5.91. The lowest BCUT2D eigenvalue weighted by atomic mass is 10.3. The Morgan fingerprint density at radius 1 is 1.35 bits per heavy atom. The third kappa shape index (κ3) is 2.31. The Balaban J connectivity index is 2.13. The van der Waals surface area contributed by atoms with Gasteiger partial charge in [0.15, 0.2) is 0 Å². The van der Waals surface area contributed by atoms with E-state index in [0.717, 1.165) is 26.6 Å². The molecule has 7 heteroatoms. The van der Waals surface area contributed by atoms with E-state index in [1.165, 1.54) is 11.3 Å². The lowest BCUT2D eigenvalue weighted by molar-refractivity contribution is 0.180. The second-order valence-corrected chi connectivity index (χ2v) is 5.79. The average Bonchev–Trinajstić information content (AvgIpc) is 3.00. The van der Waals surface area contributed by atoms with Gasteiger partial charge in [0.25, 0.3) is 0 Å². The number of rotatable bonds is 4. The molecule has 0 aliphatic rings. The molecule has 0 bridgehead atoms. The molecule has 0 atom stereocenters. The molecule has 0 unspecified atom stereocenters. The molecule has 1 aromatic carbocycles. The molecule has 0 amide bonds. The Morgan fingerprint density at radius 2 is 2.15 bits per heavy atom. The molecule has 3 rings (SSSR count). The van der Waals surface area contributed by atoms with E-state index in [4.69, 9.17) is 27.9 Å². The van der Waals surface area contributed by atoms with Crippen LogP contribution in [-0.2, 0) is 17.2 Å². The molecule has 0 N–H and O–H groups in total. The first kappa shape index (κ1) is 13.8. The maximum atomic E-state index is 6.35. The van der Waals surface area contributed by atoms with Crippen LogP contribution in [0.1, 0.15) is 11.3 Å². The third-order valence-corrected chi connectivity index (χ3v) is 4.55. The summed E-state index contributed by atoms with van der Waals surface area (Å²) in [6.45, 7) is 0.375. The second kappa shape index (κ2) is 5.69. The topological polar surface area (TPSA) is 39.9 Å². The zero-order valence-electron chi connectivity index (χ0n) is 10.6. The number of benzene rings is 1. The highest BCUT2D eigenvalue weighted by Crippen LogP contribution is 2.30. The number of methoxy groups -OCH3 is 1. The minimum atomic E-state index is 0.294. The number of fused-ring (bicyclic) bond motifs is 1. The zero-order chi connectivity index (χ0) is 14.1. The Kier molecular flexibility index (Phi) is 3.94. The highest BCUT2D eigenvalue weighted by Gasteiger charge is 2.18. The van der Waals surface area contributed by atoms with Gasteiger partial charge in [-0.1, -0.05) is 35.1 Å². The molecule has 0 aliphatic carbocycles. The van der Waals surface area contributed by atoms with E-state index >= 15 is 0 Å². The van der Waals surface area contributed by atoms with E-state index in [1.807, 2.05) is 24.3 Å². The fourth-order valence-electron chi connectivity index (χ4n) is 1.93. The van der Waals surface area contributed by atoms with Crippen molar-refractivity contribution in [1.29, 1.82) is 0 Å². The van der Waals surface area contributed by atoms with Crippen LogP contribution >= 0.6 is 34.5 Å².